The number of pyridine rings is 1. The number of nitrogens with zero attached hydrogens (tertiary/aromatic N) is 1. The van der Waals surface area contributed by atoms with E-state index in [1.165, 1.54) is 0 Å². The third-order valence-corrected chi connectivity index (χ3v) is 4.78. The molecule has 4 nitrogen and oxygen atoms in total. The van der Waals surface area contributed by atoms with E-state index in [1.54, 1.807) is 33.7 Å². The zero-order valence-corrected chi connectivity index (χ0v) is 9.69. The number of hydrogen-bond donors (Lipinski definition) is 0. The van der Waals surface area contributed by atoms with Crippen LogP contribution >= 0.6 is 0 Å². The third-order valence-electron chi connectivity index (χ3n) is 2.08. The average Bonchev–Trinajstić information content (AvgIpc) is 2.28. The van der Waals surface area contributed by atoms with Crippen molar-refractivity contribution in [2.75, 3.05) is 21.3 Å². The molecule has 0 N–H and O–H groups in total. The van der Waals surface area contributed by atoms with Gasteiger partial charge in [-0.05, 0) is 11.6 Å². The van der Waals surface area contributed by atoms with Crippen LogP contribution in [0.2, 0.25) is 0 Å². The maximum Gasteiger partial charge on any atom is 0.504 e. The molecule has 0 atom stereocenters. The lowest BCUT2D eigenvalue weighted by molar-refractivity contribution is 0.122. The first kappa shape index (κ1) is 11.3. The molecule has 5 heteroatoms. The topological polar surface area (TPSA) is 40.6 Å². The van der Waals surface area contributed by atoms with Crippen molar-refractivity contribution in [2.45, 2.75) is 6.04 Å². The summed E-state index contributed by atoms with van der Waals surface area (Å²) in [5.41, 5.74) is 1.06. The van der Waals surface area contributed by atoms with Gasteiger partial charge in [-0.3, -0.25) is 4.98 Å². The molecule has 0 spiro atoms. The Labute approximate surface area is 85.2 Å². The van der Waals surface area contributed by atoms with Crippen LogP contribution in [-0.2, 0) is 19.3 Å². The average molecular weight is 213 g/mol. The fourth-order valence-corrected chi connectivity index (χ4v) is 2.86. The molecule has 14 heavy (non-hydrogen) atoms. The SMILES string of the molecule is CO[Si](Cc1cccnc1)(OC)OC. The second kappa shape index (κ2) is 5.21. The van der Waals surface area contributed by atoms with E-state index in [1.807, 2.05) is 12.1 Å². The molecule has 1 aromatic heterocycles. The predicted molar refractivity (Wildman–Crippen MR) is 54.7 cm³/mol. The summed E-state index contributed by atoms with van der Waals surface area (Å²) in [7, 11) is 2.32. The van der Waals surface area contributed by atoms with Gasteiger partial charge in [-0.2, -0.15) is 0 Å². The first-order valence-corrected chi connectivity index (χ1v) is 6.24. The second-order valence-corrected chi connectivity index (χ2v) is 5.78. The van der Waals surface area contributed by atoms with Crippen molar-refractivity contribution in [3.05, 3.63) is 30.1 Å². The Morgan fingerprint density at radius 3 is 2.29 bits per heavy atom. The lowest BCUT2D eigenvalue weighted by atomic mass is 10.3. The van der Waals surface area contributed by atoms with Gasteiger partial charge >= 0.3 is 8.80 Å². The van der Waals surface area contributed by atoms with E-state index in [9.17, 15) is 0 Å². The minimum Gasteiger partial charge on any atom is -0.377 e. The van der Waals surface area contributed by atoms with Crippen LogP contribution < -0.4 is 0 Å². The Morgan fingerprint density at radius 1 is 1.21 bits per heavy atom. The predicted octanol–water partition coefficient (Wildman–Crippen LogP) is 1.04. The molecule has 0 unspecified atom stereocenters. The van der Waals surface area contributed by atoms with Crippen LogP contribution in [0.15, 0.2) is 24.5 Å². The van der Waals surface area contributed by atoms with E-state index in [4.69, 9.17) is 13.3 Å². The summed E-state index contributed by atoms with van der Waals surface area (Å²) >= 11 is 0. The molecule has 0 saturated heterocycles. The maximum atomic E-state index is 5.31. The zero-order chi connectivity index (χ0) is 10.4. The number of aromatic nitrogens is 1. The molecule has 0 bridgehead atoms. The van der Waals surface area contributed by atoms with Crippen LogP contribution in [0.5, 0.6) is 0 Å². The van der Waals surface area contributed by atoms with Crippen LogP contribution in [0.25, 0.3) is 0 Å². The number of hydrogen-bond acceptors (Lipinski definition) is 4. The molecule has 1 aromatic rings. The van der Waals surface area contributed by atoms with E-state index in [-0.39, 0.29) is 0 Å². The van der Waals surface area contributed by atoms with Crippen LogP contribution in [-0.4, -0.2) is 35.1 Å². The van der Waals surface area contributed by atoms with Crippen molar-refractivity contribution >= 4 is 8.80 Å². The summed E-state index contributed by atoms with van der Waals surface area (Å²) < 4.78 is 15.9. The highest BCUT2D eigenvalue weighted by Crippen LogP contribution is 2.13. The van der Waals surface area contributed by atoms with E-state index < -0.39 is 8.80 Å². The summed E-state index contributed by atoms with van der Waals surface area (Å²) in [5, 5.41) is 0. The minimum atomic E-state index is -2.50. The molecule has 0 aliphatic carbocycles. The third kappa shape index (κ3) is 2.62. The van der Waals surface area contributed by atoms with Crippen LogP contribution in [0, 0.1) is 0 Å². The Bertz CT molecular complexity index is 256. The Kier molecular flexibility index (Phi) is 4.21. The summed E-state index contributed by atoms with van der Waals surface area (Å²) in [5.74, 6) is 0. The molecule has 0 aromatic carbocycles. The van der Waals surface area contributed by atoms with Gasteiger partial charge in [-0.15, -0.1) is 0 Å². The lowest BCUT2D eigenvalue weighted by Gasteiger charge is -2.24. The number of rotatable bonds is 5. The van der Waals surface area contributed by atoms with Gasteiger partial charge in [0.05, 0.1) is 0 Å². The molecule has 78 valence electrons. The van der Waals surface area contributed by atoms with Gasteiger partial charge in [0.2, 0.25) is 0 Å². The van der Waals surface area contributed by atoms with Crippen LogP contribution in [0.3, 0.4) is 0 Å². The summed E-state index contributed by atoms with van der Waals surface area (Å²) in [6, 6.07) is 4.51. The minimum absolute atomic E-state index is 0.643. The first-order valence-electron chi connectivity index (χ1n) is 4.30. The maximum absolute atomic E-state index is 5.31. The Balaban J connectivity index is 2.74. The highest BCUT2D eigenvalue weighted by Gasteiger charge is 2.37. The van der Waals surface area contributed by atoms with Gasteiger partial charge in [0.15, 0.2) is 0 Å². The highest BCUT2D eigenvalue weighted by molar-refractivity contribution is 6.60. The van der Waals surface area contributed by atoms with Gasteiger partial charge in [0.25, 0.3) is 0 Å². The van der Waals surface area contributed by atoms with E-state index >= 15 is 0 Å². The largest absolute Gasteiger partial charge is 0.504 e. The van der Waals surface area contributed by atoms with Crippen molar-refractivity contribution in [3.8, 4) is 0 Å². The van der Waals surface area contributed by atoms with Gasteiger partial charge in [-0.1, -0.05) is 6.07 Å². The summed E-state index contributed by atoms with van der Waals surface area (Å²) in [6.07, 6.45) is 3.53. The smallest absolute Gasteiger partial charge is 0.377 e. The molecule has 0 aliphatic rings. The van der Waals surface area contributed by atoms with E-state index in [2.05, 4.69) is 4.98 Å². The lowest BCUT2D eigenvalue weighted by Crippen LogP contribution is -2.45. The van der Waals surface area contributed by atoms with E-state index in [0.717, 1.165) is 5.56 Å². The summed E-state index contributed by atoms with van der Waals surface area (Å²) in [4.78, 5) is 4.03. The van der Waals surface area contributed by atoms with Gasteiger partial charge in [0.1, 0.15) is 0 Å². The Morgan fingerprint density at radius 2 is 1.86 bits per heavy atom. The first-order chi connectivity index (χ1) is 6.76. The van der Waals surface area contributed by atoms with Crippen LogP contribution in [0.4, 0.5) is 0 Å². The molecule has 1 rings (SSSR count). The van der Waals surface area contributed by atoms with Crippen molar-refractivity contribution in [1.82, 2.24) is 4.98 Å². The molecule has 0 saturated carbocycles. The summed E-state index contributed by atoms with van der Waals surface area (Å²) in [6.45, 7) is 0. The second-order valence-electron chi connectivity index (χ2n) is 2.83. The Hall–Kier alpha value is -0.753. The van der Waals surface area contributed by atoms with Crippen molar-refractivity contribution in [3.63, 3.8) is 0 Å². The monoisotopic (exact) mass is 213 g/mol. The van der Waals surface area contributed by atoms with Gasteiger partial charge < -0.3 is 13.3 Å². The van der Waals surface area contributed by atoms with Crippen molar-refractivity contribution in [2.24, 2.45) is 0 Å². The molecular weight excluding hydrogens is 198 g/mol. The van der Waals surface area contributed by atoms with Gasteiger partial charge in [0, 0.05) is 39.8 Å². The fraction of sp³-hybridized carbons (Fsp3) is 0.444. The molecule has 0 fully saturated rings. The molecule has 1 heterocycles. The molecule has 0 aliphatic heterocycles. The van der Waals surface area contributed by atoms with E-state index in [0.29, 0.717) is 6.04 Å². The standard InChI is InChI=1S/C9H15NO3Si/c1-11-14(12-2,13-3)8-9-5-4-6-10-7-9/h4-7H,8H2,1-3H3. The normalized spacial score (nSPS) is 11.6. The quantitative estimate of drug-likeness (QED) is 0.685. The van der Waals surface area contributed by atoms with Crippen molar-refractivity contribution in [1.29, 1.82) is 0 Å². The fourth-order valence-electron chi connectivity index (χ4n) is 1.22. The molecule has 0 radical (unpaired) electrons. The molecule has 0 amide bonds. The highest BCUT2D eigenvalue weighted by atomic mass is 28.4. The zero-order valence-electron chi connectivity index (χ0n) is 8.69. The van der Waals surface area contributed by atoms with Crippen LogP contribution in [0.1, 0.15) is 5.56 Å². The van der Waals surface area contributed by atoms with Crippen molar-refractivity contribution < 1.29 is 13.3 Å². The molecular formula is C9H15NO3Si. The van der Waals surface area contributed by atoms with Gasteiger partial charge in [-0.25, -0.2) is 0 Å².